The molecule has 1 heterocycles. The van der Waals surface area contributed by atoms with Gasteiger partial charge in [-0.2, -0.15) is 0 Å². The lowest BCUT2D eigenvalue weighted by molar-refractivity contribution is -0.124. The Morgan fingerprint density at radius 1 is 1.06 bits per heavy atom. The van der Waals surface area contributed by atoms with Crippen LogP contribution < -0.4 is 15.4 Å². The van der Waals surface area contributed by atoms with Crippen LogP contribution >= 0.6 is 0 Å². The molecule has 4 rings (SSSR count). The maximum absolute atomic E-state index is 13.1. The highest BCUT2D eigenvalue weighted by atomic mass is 16.5. The first-order valence-electron chi connectivity index (χ1n) is 12.0. The molecule has 2 fully saturated rings. The molecule has 172 valence electrons. The predicted octanol–water partition coefficient (Wildman–Crippen LogP) is 3.73. The molecule has 0 aromatic heterocycles. The summed E-state index contributed by atoms with van der Waals surface area (Å²) in [5.41, 5.74) is 3.81. The molecule has 0 unspecified atom stereocenters. The number of carbonyl (C=O) groups excluding carboxylic acids is 1. The van der Waals surface area contributed by atoms with E-state index in [0.29, 0.717) is 12.6 Å². The van der Waals surface area contributed by atoms with Crippen LogP contribution in [0, 0.1) is 5.92 Å². The number of methoxy groups -OCH3 is 1. The van der Waals surface area contributed by atoms with E-state index in [0.717, 1.165) is 31.8 Å². The van der Waals surface area contributed by atoms with Crippen molar-refractivity contribution in [2.45, 2.75) is 50.6 Å². The molecule has 2 atom stereocenters. The number of hydrogen-bond acceptors (Lipinski definition) is 4. The highest BCUT2D eigenvalue weighted by Crippen LogP contribution is 2.32. The number of likely N-dealkylation sites (N-methyl/N-ethyl adjacent to an activating group) is 1. The maximum atomic E-state index is 13.1. The first-order valence-corrected chi connectivity index (χ1v) is 12.0. The number of nitrogens with zero attached hydrogens (tertiary/aromatic N) is 1. The molecule has 1 saturated heterocycles. The molecule has 1 amide bonds. The number of amides is 1. The predicted molar refractivity (Wildman–Crippen MR) is 129 cm³/mol. The Kier molecular flexibility index (Phi) is 7.82. The van der Waals surface area contributed by atoms with Crippen LogP contribution in [0.1, 0.15) is 48.3 Å². The van der Waals surface area contributed by atoms with Gasteiger partial charge in [-0.1, -0.05) is 49.2 Å². The van der Waals surface area contributed by atoms with Crippen LogP contribution in [0.3, 0.4) is 0 Å². The Hall–Kier alpha value is -2.37. The SMILES string of the molecule is COc1ccc(CCNC(=O)[C@@H]2CN(C)C[C@H]2c2cccc(CNC3CCCC3)c2)cc1. The van der Waals surface area contributed by atoms with E-state index in [9.17, 15) is 4.79 Å². The first-order chi connectivity index (χ1) is 15.6. The standard InChI is InChI=1S/C27H37N3O2/c1-30-18-25(22-7-5-6-21(16-22)17-29-23-8-3-4-9-23)26(19-30)27(31)28-15-14-20-10-12-24(32-2)13-11-20/h5-7,10-13,16,23,25-26,29H,3-4,8-9,14-15,17-19H2,1-2H3,(H,28,31)/t25-,26+/m0/s1. The number of hydrogen-bond donors (Lipinski definition) is 2. The smallest absolute Gasteiger partial charge is 0.225 e. The van der Waals surface area contributed by atoms with E-state index >= 15 is 0 Å². The van der Waals surface area contributed by atoms with Crippen molar-refractivity contribution >= 4 is 5.91 Å². The van der Waals surface area contributed by atoms with Gasteiger partial charge >= 0.3 is 0 Å². The van der Waals surface area contributed by atoms with Crippen molar-refractivity contribution in [2.24, 2.45) is 5.92 Å². The summed E-state index contributed by atoms with van der Waals surface area (Å²) < 4.78 is 5.21. The van der Waals surface area contributed by atoms with Crippen molar-refractivity contribution in [3.05, 3.63) is 65.2 Å². The number of carbonyl (C=O) groups is 1. The minimum Gasteiger partial charge on any atom is -0.497 e. The lowest BCUT2D eigenvalue weighted by atomic mass is 9.87. The van der Waals surface area contributed by atoms with Gasteiger partial charge in [-0.15, -0.1) is 0 Å². The van der Waals surface area contributed by atoms with Crippen molar-refractivity contribution < 1.29 is 9.53 Å². The van der Waals surface area contributed by atoms with Crippen LogP contribution in [0.2, 0.25) is 0 Å². The molecule has 2 aromatic rings. The Bertz CT molecular complexity index is 877. The fraction of sp³-hybridized carbons (Fsp3) is 0.519. The third-order valence-corrected chi connectivity index (χ3v) is 7.04. The van der Waals surface area contributed by atoms with Crippen molar-refractivity contribution in [1.82, 2.24) is 15.5 Å². The molecule has 5 heteroatoms. The summed E-state index contributed by atoms with van der Waals surface area (Å²) >= 11 is 0. The largest absolute Gasteiger partial charge is 0.497 e. The zero-order valence-electron chi connectivity index (χ0n) is 19.5. The van der Waals surface area contributed by atoms with Crippen LogP contribution in [0.5, 0.6) is 5.75 Å². The van der Waals surface area contributed by atoms with Gasteiger partial charge in [0.2, 0.25) is 5.91 Å². The van der Waals surface area contributed by atoms with Crippen molar-refractivity contribution in [1.29, 1.82) is 0 Å². The van der Waals surface area contributed by atoms with E-state index in [1.54, 1.807) is 7.11 Å². The highest BCUT2D eigenvalue weighted by Gasteiger charge is 2.36. The average Bonchev–Trinajstić information content (AvgIpc) is 3.48. The fourth-order valence-electron chi connectivity index (χ4n) is 5.18. The maximum Gasteiger partial charge on any atom is 0.225 e. The van der Waals surface area contributed by atoms with Gasteiger partial charge in [-0.3, -0.25) is 4.79 Å². The molecule has 1 aliphatic heterocycles. The highest BCUT2D eigenvalue weighted by molar-refractivity contribution is 5.80. The molecule has 1 aliphatic carbocycles. The molecule has 2 aliphatic rings. The van der Waals surface area contributed by atoms with E-state index in [-0.39, 0.29) is 17.7 Å². The van der Waals surface area contributed by atoms with Crippen molar-refractivity contribution in [3.63, 3.8) is 0 Å². The second-order valence-electron chi connectivity index (χ2n) is 9.43. The quantitative estimate of drug-likeness (QED) is 0.630. The number of ether oxygens (including phenoxy) is 1. The fourth-order valence-corrected chi connectivity index (χ4v) is 5.18. The lowest BCUT2D eigenvalue weighted by Crippen LogP contribution is -2.35. The number of likely N-dealkylation sites (tertiary alicyclic amines) is 1. The molecular formula is C27H37N3O2. The number of rotatable bonds is 9. The summed E-state index contributed by atoms with van der Waals surface area (Å²) in [4.78, 5) is 15.4. The van der Waals surface area contributed by atoms with Crippen molar-refractivity contribution in [2.75, 3.05) is 33.8 Å². The van der Waals surface area contributed by atoms with E-state index in [1.165, 1.54) is 42.4 Å². The Morgan fingerprint density at radius 3 is 2.59 bits per heavy atom. The van der Waals surface area contributed by atoms with Crippen LogP contribution in [0.15, 0.2) is 48.5 Å². The summed E-state index contributed by atoms with van der Waals surface area (Å²) in [7, 11) is 3.79. The van der Waals surface area contributed by atoms with Gasteiger partial charge < -0.3 is 20.3 Å². The first kappa shape index (κ1) is 22.8. The van der Waals surface area contributed by atoms with Gasteiger partial charge in [0.15, 0.2) is 0 Å². The molecular weight excluding hydrogens is 398 g/mol. The third kappa shape index (κ3) is 5.90. The van der Waals surface area contributed by atoms with E-state index in [1.807, 2.05) is 12.1 Å². The normalized spacial score (nSPS) is 21.7. The van der Waals surface area contributed by atoms with Gasteiger partial charge in [-0.05, 0) is 55.1 Å². The zero-order valence-corrected chi connectivity index (χ0v) is 19.5. The summed E-state index contributed by atoms with van der Waals surface area (Å²) in [6, 6.07) is 17.6. The van der Waals surface area contributed by atoms with E-state index in [2.05, 4.69) is 59.0 Å². The van der Waals surface area contributed by atoms with Crippen LogP contribution in [0.25, 0.3) is 0 Å². The second-order valence-corrected chi connectivity index (χ2v) is 9.43. The molecule has 2 N–H and O–H groups in total. The third-order valence-electron chi connectivity index (χ3n) is 7.04. The molecule has 2 aromatic carbocycles. The summed E-state index contributed by atoms with van der Waals surface area (Å²) in [5.74, 6) is 1.26. The van der Waals surface area contributed by atoms with Gasteiger partial charge in [-0.25, -0.2) is 0 Å². The minimum atomic E-state index is -0.00564. The van der Waals surface area contributed by atoms with Crippen LogP contribution in [-0.2, 0) is 17.8 Å². The van der Waals surface area contributed by atoms with Gasteiger partial charge in [0.1, 0.15) is 5.75 Å². The average molecular weight is 436 g/mol. The van der Waals surface area contributed by atoms with E-state index in [4.69, 9.17) is 4.74 Å². The number of nitrogens with one attached hydrogen (secondary N) is 2. The monoisotopic (exact) mass is 435 g/mol. The number of benzene rings is 2. The minimum absolute atomic E-state index is 0.00564. The summed E-state index contributed by atoms with van der Waals surface area (Å²) in [5, 5.41) is 6.90. The zero-order chi connectivity index (χ0) is 22.3. The lowest BCUT2D eigenvalue weighted by Gasteiger charge is -2.20. The van der Waals surface area contributed by atoms with Crippen LogP contribution in [-0.4, -0.2) is 50.6 Å². The van der Waals surface area contributed by atoms with Crippen molar-refractivity contribution in [3.8, 4) is 5.75 Å². The van der Waals surface area contributed by atoms with Gasteiger partial charge in [0.05, 0.1) is 13.0 Å². The van der Waals surface area contributed by atoms with Crippen LogP contribution in [0.4, 0.5) is 0 Å². The van der Waals surface area contributed by atoms with Gasteiger partial charge in [0, 0.05) is 38.1 Å². The molecule has 32 heavy (non-hydrogen) atoms. The Labute approximate surface area is 192 Å². The molecule has 5 nitrogen and oxygen atoms in total. The molecule has 0 radical (unpaired) electrons. The van der Waals surface area contributed by atoms with E-state index < -0.39 is 0 Å². The Balaban J connectivity index is 1.33. The molecule has 0 bridgehead atoms. The summed E-state index contributed by atoms with van der Waals surface area (Å²) in [6.07, 6.45) is 6.12. The summed E-state index contributed by atoms with van der Waals surface area (Å²) in [6.45, 7) is 3.31. The molecule has 0 spiro atoms. The van der Waals surface area contributed by atoms with Gasteiger partial charge in [0.25, 0.3) is 0 Å². The topological polar surface area (TPSA) is 53.6 Å². The second kappa shape index (κ2) is 11.0. The Morgan fingerprint density at radius 2 is 1.84 bits per heavy atom. The molecule has 1 saturated carbocycles.